The molecule has 1 aromatic heterocycles. The predicted molar refractivity (Wildman–Crippen MR) is 70.7 cm³/mol. The van der Waals surface area contributed by atoms with Crippen LogP contribution in [0.15, 0.2) is 23.8 Å². The van der Waals surface area contributed by atoms with Crippen molar-refractivity contribution in [3.8, 4) is 0 Å². The molecule has 1 N–H and O–H groups in total. The maximum absolute atomic E-state index is 12.2. The van der Waals surface area contributed by atoms with Crippen molar-refractivity contribution in [1.82, 2.24) is 25.5 Å². The summed E-state index contributed by atoms with van der Waals surface area (Å²) in [5.74, 6) is 0.552. The highest BCUT2D eigenvalue weighted by atomic mass is 16.6. The Balaban J connectivity index is 1.59. The lowest BCUT2D eigenvalue weighted by atomic mass is 10.1. The molecule has 0 aromatic carbocycles. The Hall–Kier alpha value is -2.18. The molecule has 2 aliphatic rings. The van der Waals surface area contributed by atoms with Crippen LogP contribution >= 0.6 is 0 Å². The summed E-state index contributed by atoms with van der Waals surface area (Å²) >= 11 is 0. The molecule has 1 aliphatic carbocycles. The second-order valence-electron chi connectivity index (χ2n) is 4.93. The zero-order chi connectivity index (χ0) is 13.8. The van der Waals surface area contributed by atoms with Gasteiger partial charge in [0, 0.05) is 6.54 Å². The van der Waals surface area contributed by atoms with Crippen LogP contribution in [0.3, 0.4) is 0 Å². The van der Waals surface area contributed by atoms with Crippen LogP contribution in [-0.2, 0) is 4.74 Å². The zero-order valence-electron chi connectivity index (χ0n) is 11.2. The number of likely N-dealkylation sites (tertiary alicyclic amines) is 1. The quantitative estimate of drug-likeness (QED) is 0.908. The molecule has 1 aromatic rings. The molecule has 1 fully saturated rings. The van der Waals surface area contributed by atoms with Crippen LogP contribution in [0.2, 0.25) is 0 Å². The van der Waals surface area contributed by atoms with Gasteiger partial charge in [0.15, 0.2) is 5.82 Å². The number of hydrogen-bond donors (Lipinski definition) is 1. The van der Waals surface area contributed by atoms with Gasteiger partial charge in [0.05, 0.1) is 6.04 Å². The Kier molecular flexibility index (Phi) is 3.76. The van der Waals surface area contributed by atoms with Gasteiger partial charge in [-0.2, -0.15) is 5.21 Å². The molecule has 1 atom stereocenters. The molecule has 106 valence electrons. The number of H-pyrrole nitrogens is 1. The molecular weight excluding hydrogens is 258 g/mol. The van der Waals surface area contributed by atoms with E-state index in [2.05, 4.69) is 32.8 Å². The number of nitrogens with zero attached hydrogens (tertiary/aromatic N) is 4. The Morgan fingerprint density at radius 1 is 1.50 bits per heavy atom. The summed E-state index contributed by atoms with van der Waals surface area (Å²) in [6.45, 7) is 0.998. The number of rotatable bonds is 3. The standard InChI is InChI=1S/C13H17N5O2/c19-13(20-9-10-5-2-1-3-6-10)18-8-4-7-11(18)12-14-16-17-15-12/h2,5-6,11H,1,3-4,7-9H2,(H,14,15,16,17)/t11-/m0/s1. The van der Waals surface area contributed by atoms with Crippen molar-refractivity contribution < 1.29 is 9.53 Å². The number of carbonyl (C=O) groups is 1. The summed E-state index contributed by atoms with van der Waals surface area (Å²) in [5.41, 5.74) is 1.06. The maximum atomic E-state index is 12.2. The van der Waals surface area contributed by atoms with Crippen LogP contribution in [0.25, 0.3) is 0 Å². The molecule has 3 rings (SSSR count). The molecule has 0 unspecified atom stereocenters. The molecule has 1 saturated heterocycles. The van der Waals surface area contributed by atoms with Crippen molar-refractivity contribution >= 4 is 6.09 Å². The fraction of sp³-hybridized carbons (Fsp3) is 0.538. The number of aromatic nitrogens is 4. The summed E-state index contributed by atoms with van der Waals surface area (Å²) in [7, 11) is 0. The van der Waals surface area contributed by atoms with Gasteiger partial charge in [0.1, 0.15) is 6.61 Å². The van der Waals surface area contributed by atoms with Gasteiger partial charge in [0.2, 0.25) is 0 Å². The summed E-state index contributed by atoms with van der Waals surface area (Å²) in [5, 5.41) is 13.9. The Bertz CT molecular complexity index is 523. The highest BCUT2D eigenvalue weighted by Crippen LogP contribution is 2.29. The molecule has 7 heteroatoms. The summed E-state index contributed by atoms with van der Waals surface area (Å²) < 4.78 is 5.38. The Labute approximate surface area is 116 Å². The number of amides is 1. The first-order valence-corrected chi connectivity index (χ1v) is 6.87. The smallest absolute Gasteiger partial charge is 0.410 e. The molecule has 0 radical (unpaired) electrons. The third-order valence-electron chi connectivity index (χ3n) is 3.58. The first-order valence-electron chi connectivity index (χ1n) is 6.87. The van der Waals surface area contributed by atoms with E-state index < -0.39 is 0 Å². The predicted octanol–water partition coefficient (Wildman–Crippen LogP) is 1.75. The third-order valence-corrected chi connectivity index (χ3v) is 3.58. The molecule has 2 heterocycles. The number of ether oxygens (including phenoxy) is 1. The van der Waals surface area contributed by atoms with Gasteiger partial charge in [-0.25, -0.2) is 4.79 Å². The second kappa shape index (κ2) is 5.85. The van der Waals surface area contributed by atoms with Crippen LogP contribution in [0.5, 0.6) is 0 Å². The number of carbonyl (C=O) groups excluding carboxylic acids is 1. The van der Waals surface area contributed by atoms with Crippen LogP contribution < -0.4 is 0 Å². The van der Waals surface area contributed by atoms with Crippen molar-refractivity contribution in [1.29, 1.82) is 0 Å². The molecule has 1 amide bonds. The van der Waals surface area contributed by atoms with Crippen molar-refractivity contribution in [3.05, 3.63) is 29.6 Å². The SMILES string of the molecule is O=C(OCC1=CCCC=C1)N1CCC[C@H]1c1nn[nH]n1. The van der Waals surface area contributed by atoms with E-state index in [4.69, 9.17) is 4.74 Å². The molecule has 0 bridgehead atoms. The highest BCUT2D eigenvalue weighted by Gasteiger charge is 2.33. The van der Waals surface area contributed by atoms with Crippen molar-refractivity contribution in [2.45, 2.75) is 31.7 Å². The maximum Gasteiger partial charge on any atom is 0.410 e. The van der Waals surface area contributed by atoms with Crippen LogP contribution in [-0.4, -0.2) is 44.8 Å². The monoisotopic (exact) mass is 275 g/mol. The Morgan fingerprint density at radius 3 is 3.20 bits per heavy atom. The summed E-state index contributed by atoms with van der Waals surface area (Å²) in [6, 6.07) is -0.128. The van der Waals surface area contributed by atoms with Crippen LogP contribution in [0.1, 0.15) is 37.5 Å². The number of nitrogens with one attached hydrogen (secondary N) is 1. The fourth-order valence-electron chi connectivity index (χ4n) is 2.57. The normalized spacial score (nSPS) is 21.9. The molecule has 7 nitrogen and oxygen atoms in total. The summed E-state index contributed by atoms with van der Waals surface area (Å²) in [6.07, 6.45) is 9.75. The Morgan fingerprint density at radius 2 is 2.45 bits per heavy atom. The molecule has 20 heavy (non-hydrogen) atoms. The van der Waals surface area contributed by atoms with E-state index in [1.165, 1.54) is 0 Å². The minimum absolute atomic E-state index is 0.128. The van der Waals surface area contributed by atoms with E-state index >= 15 is 0 Å². The van der Waals surface area contributed by atoms with E-state index in [-0.39, 0.29) is 12.1 Å². The van der Waals surface area contributed by atoms with Gasteiger partial charge < -0.3 is 4.74 Å². The molecular formula is C13H17N5O2. The average molecular weight is 275 g/mol. The van der Waals surface area contributed by atoms with E-state index in [9.17, 15) is 4.79 Å². The first-order chi connectivity index (χ1) is 9.84. The van der Waals surface area contributed by atoms with E-state index in [0.717, 1.165) is 31.3 Å². The lowest BCUT2D eigenvalue weighted by Crippen LogP contribution is -2.32. The van der Waals surface area contributed by atoms with Crippen LogP contribution in [0.4, 0.5) is 4.79 Å². The van der Waals surface area contributed by atoms with E-state index in [1.54, 1.807) is 4.90 Å². The largest absolute Gasteiger partial charge is 0.445 e. The minimum atomic E-state index is -0.308. The minimum Gasteiger partial charge on any atom is -0.445 e. The van der Waals surface area contributed by atoms with Gasteiger partial charge in [0.25, 0.3) is 0 Å². The first kappa shape index (κ1) is 12.8. The van der Waals surface area contributed by atoms with Gasteiger partial charge in [-0.3, -0.25) is 4.90 Å². The topological polar surface area (TPSA) is 84.0 Å². The number of hydrogen-bond acceptors (Lipinski definition) is 5. The third kappa shape index (κ3) is 2.71. The lowest BCUT2D eigenvalue weighted by molar-refractivity contribution is 0.105. The van der Waals surface area contributed by atoms with Gasteiger partial charge in [-0.05, 0) is 31.3 Å². The van der Waals surface area contributed by atoms with Gasteiger partial charge in [-0.1, -0.05) is 23.4 Å². The number of tetrazole rings is 1. The molecule has 0 saturated carbocycles. The van der Waals surface area contributed by atoms with Crippen molar-refractivity contribution in [2.75, 3.05) is 13.2 Å². The fourth-order valence-corrected chi connectivity index (χ4v) is 2.57. The lowest BCUT2D eigenvalue weighted by Gasteiger charge is -2.21. The number of allylic oxidation sites excluding steroid dienone is 2. The van der Waals surface area contributed by atoms with Crippen LogP contribution in [0, 0.1) is 0 Å². The van der Waals surface area contributed by atoms with E-state index in [0.29, 0.717) is 19.0 Å². The summed E-state index contributed by atoms with van der Waals surface area (Å²) in [4.78, 5) is 13.8. The number of aromatic amines is 1. The zero-order valence-corrected chi connectivity index (χ0v) is 11.2. The molecule has 0 spiro atoms. The van der Waals surface area contributed by atoms with Gasteiger partial charge in [-0.15, -0.1) is 10.2 Å². The van der Waals surface area contributed by atoms with E-state index in [1.807, 2.05) is 6.08 Å². The van der Waals surface area contributed by atoms with Crippen molar-refractivity contribution in [2.24, 2.45) is 0 Å². The average Bonchev–Trinajstić information content (AvgIpc) is 3.15. The highest BCUT2D eigenvalue weighted by molar-refractivity contribution is 5.68. The second-order valence-corrected chi connectivity index (χ2v) is 4.93. The molecule has 1 aliphatic heterocycles. The van der Waals surface area contributed by atoms with Gasteiger partial charge >= 0.3 is 6.09 Å². The van der Waals surface area contributed by atoms with Crippen molar-refractivity contribution in [3.63, 3.8) is 0 Å².